The summed E-state index contributed by atoms with van der Waals surface area (Å²) in [6.07, 6.45) is 1.96. The lowest BCUT2D eigenvalue weighted by Gasteiger charge is -2.35. The minimum atomic E-state index is -0.559. The highest BCUT2D eigenvalue weighted by Gasteiger charge is 2.35. The molecule has 2 heterocycles. The summed E-state index contributed by atoms with van der Waals surface area (Å²) in [5.41, 5.74) is 2.15. The summed E-state index contributed by atoms with van der Waals surface area (Å²) in [4.78, 5) is 27.2. The molecule has 2 amide bonds. The number of nitrogens with one attached hydrogen (secondary N) is 2. The lowest BCUT2D eigenvalue weighted by Crippen LogP contribution is -2.53. The predicted octanol–water partition coefficient (Wildman–Crippen LogP) is 1.62. The van der Waals surface area contributed by atoms with Crippen molar-refractivity contribution in [3.8, 4) is 0 Å². The second-order valence-electron chi connectivity index (χ2n) is 6.43. The summed E-state index contributed by atoms with van der Waals surface area (Å²) in [5.74, 6) is -0.181. The van der Waals surface area contributed by atoms with Crippen LogP contribution in [0, 0.1) is 0 Å². The van der Waals surface area contributed by atoms with Crippen molar-refractivity contribution in [2.45, 2.75) is 19.0 Å². The Hall–Kier alpha value is -2.35. The van der Waals surface area contributed by atoms with Crippen molar-refractivity contribution in [1.82, 2.24) is 15.5 Å². The number of halogens is 1. The van der Waals surface area contributed by atoms with E-state index in [-0.39, 0.29) is 30.0 Å². The van der Waals surface area contributed by atoms with E-state index in [2.05, 4.69) is 10.6 Å². The molecule has 0 bridgehead atoms. The molecule has 1 aliphatic heterocycles. The van der Waals surface area contributed by atoms with Crippen LogP contribution < -0.4 is 10.6 Å². The van der Waals surface area contributed by atoms with Crippen LogP contribution in [0.5, 0.6) is 0 Å². The van der Waals surface area contributed by atoms with Gasteiger partial charge in [0.15, 0.2) is 5.76 Å². The fourth-order valence-corrected chi connectivity index (χ4v) is 3.20. The lowest BCUT2D eigenvalue weighted by atomic mass is 9.93. The first-order valence-electron chi connectivity index (χ1n) is 9.09. The largest absolute Gasteiger partial charge is 0.459 e. The first-order chi connectivity index (χ1) is 13.2. The summed E-state index contributed by atoms with van der Waals surface area (Å²) in [6.45, 7) is 2.87. The molecule has 7 nitrogen and oxygen atoms in total. The lowest BCUT2D eigenvalue weighted by molar-refractivity contribution is -0.126. The Morgan fingerprint density at radius 1 is 1.14 bits per heavy atom. The highest BCUT2D eigenvalue weighted by atomic mass is 35.5. The maximum atomic E-state index is 12.9. The zero-order valence-electron chi connectivity index (χ0n) is 15.8. The van der Waals surface area contributed by atoms with E-state index in [1.54, 1.807) is 24.1 Å². The molecule has 3 rings (SSSR count). The van der Waals surface area contributed by atoms with Gasteiger partial charge in [0.05, 0.1) is 12.9 Å². The average Bonchev–Trinajstić information content (AvgIpc) is 3.23. The van der Waals surface area contributed by atoms with E-state index in [1.807, 2.05) is 24.3 Å². The summed E-state index contributed by atoms with van der Waals surface area (Å²) in [5, 5.41) is 6.10. The van der Waals surface area contributed by atoms with Gasteiger partial charge in [0, 0.05) is 39.7 Å². The van der Waals surface area contributed by atoms with Crippen molar-refractivity contribution in [3.63, 3.8) is 0 Å². The van der Waals surface area contributed by atoms with Gasteiger partial charge in [-0.05, 0) is 23.3 Å². The van der Waals surface area contributed by atoms with Gasteiger partial charge in [-0.3, -0.25) is 9.59 Å². The molecular formula is C20H26ClN3O4. The fraction of sp³-hybridized carbons (Fsp3) is 0.400. The van der Waals surface area contributed by atoms with Crippen LogP contribution in [-0.4, -0.2) is 56.1 Å². The van der Waals surface area contributed by atoms with Crippen molar-refractivity contribution in [1.29, 1.82) is 0 Å². The molecule has 8 heteroatoms. The highest BCUT2D eigenvalue weighted by molar-refractivity contribution is 5.96. The summed E-state index contributed by atoms with van der Waals surface area (Å²) >= 11 is 0. The van der Waals surface area contributed by atoms with E-state index in [1.165, 1.54) is 6.26 Å². The zero-order chi connectivity index (χ0) is 19.1. The topological polar surface area (TPSA) is 83.8 Å². The number of carbonyl (C=O) groups is 2. The Morgan fingerprint density at radius 3 is 2.64 bits per heavy atom. The molecule has 1 aromatic carbocycles. The molecule has 1 atom stereocenters. The van der Waals surface area contributed by atoms with Crippen LogP contribution >= 0.6 is 12.4 Å². The molecule has 0 fully saturated rings. The van der Waals surface area contributed by atoms with Crippen LogP contribution in [0.15, 0.2) is 47.1 Å². The average molecular weight is 408 g/mol. The number of hydrogen-bond acceptors (Lipinski definition) is 5. The molecule has 0 spiro atoms. The Labute approximate surface area is 170 Å². The minimum absolute atomic E-state index is 0. The Bertz CT molecular complexity index is 767. The van der Waals surface area contributed by atoms with E-state index in [4.69, 9.17) is 9.15 Å². The van der Waals surface area contributed by atoms with Gasteiger partial charge in [-0.25, -0.2) is 0 Å². The number of benzene rings is 1. The molecule has 0 aliphatic carbocycles. The number of furan rings is 1. The van der Waals surface area contributed by atoms with E-state index >= 15 is 0 Å². The standard InChI is InChI=1S/C20H25N3O4.ClH/c1-26-12-10-21-8-9-22-19(24)17-13-15-5-2-3-6-16(15)14-23(17)20(25)18-7-4-11-27-18;/h2-7,11,17,21H,8-10,12-14H2,1H3,(H,22,24);1H. The predicted molar refractivity (Wildman–Crippen MR) is 108 cm³/mol. The first-order valence-corrected chi connectivity index (χ1v) is 9.09. The highest BCUT2D eigenvalue weighted by Crippen LogP contribution is 2.25. The fourth-order valence-electron chi connectivity index (χ4n) is 3.20. The van der Waals surface area contributed by atoms with Crippen molar-refractivity contribution in [2.75, 3.05) is 33.4 Å². The molecule has 1 aromatic heterocycles. The van der Waals surface area contributed by atoms with Crippen LogP contribution in [0.3, 0.4) is 0 Å². The summed E-state index contributed by atoms with van der Waals surface area (Å²) in [7, 11) is 1.65. The Morgan fingerprint density at radius 2 is 1.93 bits per heavy atom. The van der Waals surface area contributed by atoms with E-state index in [0.717, 1.165) is 17.7 Å². The second kappa shape index (κ2) is 10.8. The van der Waals surface area contributed by atoms with Gasteiger partial charge in [-0.1, -0.05) is 24.3 Å². The third-order valence-corrected chi connectivity index (χ3v) is 4.63. The van der Waals surface area contributed by atoms with Crippen LogP contribution in [0.25, 0.3) is 0 Å². The Balaban J connectivity index is 0.00000280. The van der Waals surface area contributed by atoms with Gasteiger partial charge in [-0.15, -0.1) is 12.4 Å². The third kappa shape index (κ3) is 5.34. The van der Waals surface area contributed by atoms with Crippen molar-refractivity contribution >= 4 is 24.2 Å². The molecule has 2 aromatic rings. The number of rotatable bonds is 8. The van der Waals surface area contributed by atoms with Gasteiger partial charge < -0.3 is 24.7 Å². The quantitative estimate of drug-likeness (QED) is 0.650. The van der Waals surface area contributed by atoms with Gasteiger partial charge in [0.1, 0.15) is 6.04 Å². The number of carbonyl (C=O) groups excluding carboxylic acids is 2. The van der Waals surface area contributed by atoms with Crippen molar-refractivity contribution in [3.05, 3.63) is 59.5 Å². The minimum Gasteiger partial charge on any atom is -0.459 e. The molecule has 152 valence electrons. The third-order valence-electron chi connectivity index (χ3n) is 4.63. The van der Waals surface area contributed by atoms with Crippen molar-refractivity contribution in [2.24, 2.45) is 0 Å². The zero-order valence-corrected chi connectivity index (χ0v) is 16.7. The van der Waals surface area contributed by atoms with Gasteiger partial charge in [0.2, 0.25) is 5.91 Å². The van der Waals surface area contributed by atoms with E-state index < -0.39 is 6.04 Å². The molecule has 2 N–H and O–H groups in total. The molecular weight excluding hydrogens is 382 g/mol. The van der Waals surface area contributed by atoms with Crippen LogP contribution in [0.4, 0.5) is 0 Å². The van der Waals surface area contributed by atoms with Gasteiger partial charge in [-0.2, -0.15) is 0 Å². The van der Waals surface area contributed by atoms with Crippen LogP contribution in [0.2, 0.25) is 0 Å². The SMILES string of the molecule is COCCNCCNC(=O)C1Cc2ccccc2CN1C(=O)c1ccco1.Cl. The van der Waals surface area contributed by atoms with Crippen LogP contribution in [-0.2, 0) is 22.5 Å². The number of hydrogen-bond donors (Lipinski definition) is 2. The van der Waals surface area contributed by atoms with Gasteiger partial charge >= 0.3 is 0 Å². The van der Waals surface area contributed by atoms with Crippen LogP contribution in [0.1, 0.15) is 21.7 Å². The van der Waals surface area contributed by atoms with E-state index in [0.29, 0.717) is 32.7 Å². The smallest absolute Gasteiger partial charge is 0.290 e. The second-order valence-corrected chi connectivity index (χ2v) is 6.43. The number of ether oxygens (including phenoxy) is 1. The maximum absolute atomic E-state index is 12.9. The molecule has 0 saturated heterocycles. The van der Waals surface area contributed by atoms with Gasteiger partial charge in [0.25, 0.3) is 5.91 Å². The maximum Gasteiger partial charge on any atom is 0.290 e. The van der Waals surface area contributed by atoms with Crippen molar-refractivity contribution < 1.29 is 18.7 Å². The first kappa shape index (κ1) is 21.9. The Kier molecular flexibility index (Phi) is 8.50. The number of fused-ring (bicyclic) bond motifs is 1. The molecule has 28 heavy (non-hydrogen) atoms. The summed E-state index contributed by atoms with van der Waals surface area (Å²) in [6, 6.07) is 10.6. The number of amides is 2. The summed E-state index contributed by atoms with van der Waals surface area (Å²) < 4.78 is 10.2. The number of nitrogens with zero attached hydrogens (tertiary/aromatic N) is 1. The molecule has 1 unspecified atom stereocenters. The molecule has 0 radical (unpaired) electrons. The molecule has 0 saturated carbocycles. The number of methoxy groups -OCH3 is 1. The van der Waals surface area contributed by atoms with E-state index in [9.17, 15) is 9.59 Å². The monoisotopic (exact) mass is 407 g/mol. The molecule has 1 aliphatic rings. The normalized spacial score (nSPS) is 15.5.